The van der Waals surface area contributed by atoms with Crippen molar-refractivity contribution in [2.24, 2.45) is 0 Å². The van der Waals surface area contributed by atoms with Gasteiger partial charge in [0, 0.05) is 31.6 Å². The lowest BCUT2D eigenvalue weighted by atomic mass is 9.89. The van der Waals surface area contributed by atoms with Crippen LogP contribution in [-0.2, 0) is 16.1 Å². The van der Waals surface area contributed by atoms with Crippen LogP contribution in [0.5, 0.6) is 0 Å². The molecule has 0 bridgehead atoms. The van der Waals surface area contributed by atoms with E-state index in [2.05, 4.69) is 22.9 Å². The summed E-state index contributed by atoms with van der Waals surface area (Å²) in [5, 5.41) is 8.97. The maximum Gasteiger partial charge on any atom is 0.262 e. The van der Waals surface area contributed by atoms with Crippen molar-refractivity contribution in [1.82, 2.24) is 20.9 Å². The topological polar surface area (TPSA) is 108 Å². The molecular formula is C19H22N4O4. The number of imide groups is 2. The molecule has 3 aliphatic rings. The molecule has 4 rings (SSSR count). The number of rotatable bonds is 5. The third-order valence-corrected chi connectivity index (χ3v) is 5.81. The Morgan fingerprint density at radius 3 is 2.59 bits per heavy atom. The summed E-state index contributed by atoms with van der Waals surface area (Å²) in [6.07, 6.45) is 1.24. The predicted octanol–water partition coefficient (Wildman–Crippen LogP) is -0.0706. The van der Waals surface area contributed by atoms with Gasteiger partial charge in [0.05, 0.1) is 11.1 Å². The van der Waals surface area contributed by atoms with Crippen molar-refractivity contribution in [3.05, 3.63) is 34.9 Å². The minimum atomic E-state index is -0.936. The number of fused-ring (bicyclic) bond motifs is 1. The number of amides is 4. The number of nitrogens with one attached hydrogen (secondary N) is 3. The average Bonchev–Trinajstić information content (AvgIpc) is 2.87. The zero-order valence-electron chi connectivity index (χ0n) is 15.1. The molecule has 1 unspecified atom stereocenters. The fourth-order valence-corrected chi connectivity index (χ4v) is 3.94. The highest BCUT2D eigenvalue weighted by Gasteiger charge is 2.45. The smallest absolute Gasteiger partial charge is 0.262 e. The normalized spacial score (nSPS) is 23.9. The van der Waals surface area contributed by atoms with Crippen molar-refractivity contribution in [3.8, 4) is 0 Å². The minimum absolute atomic E-state index is 0.0116. The van der Waals surface area contributed by atoms with Gasteiger partial charge in [-0.2, -0.15) is 0 Å². The van der Waals surface area contributed by atoms with Gasteiger partial charge in [-0.25, -0.2) is 0 Å². The molecule has 2 fully saturated rings. The molecule has 0 aromatic heterocycles. The van der Waals surface area contributed by atoms with Gasteiger partial charge < -0.3 is 10.6 Å². The standard InChI is InChI=1S/C19H22N4O4/c1-2-19(9-20-10-19)21-8-11-4-3-5-12-15(11)18(27)23(17(12)26)13-6-7-14(24)22-16(13)25/h3-5,13,20-21H,2,6-10H2,1H3,(H,22,24,25). The van der Waals surface area contributed by atoms with E-state index < -0.39 is 23.8 Å². The van der Waals surface area contributed by atoms with Crippen LogP contribution in [0.4, 0.5) is 0 Å². The van der Waals surface area contributed by atoms with Crippen LogP contribution in [0, 0.1) is 0 Å². The van der Waals surface area contributed by atoms with Crippen LogP contribution in [0.1, 0.15) is 52.5 Å². The second-order valence-corrected chi connectivity index (χ2v) is 7.38. The van der Waals surface area contributed by atoms with E-state index in [0.29, 0.717) is 17.7 Å². The number of carbonyl (C=O) groups excluding carboxylic acids is 4. The van der Waals surface area contributed by atoms with E-state index in [-0.39, 0.29) is 24.3 Å². The minimum Gasteiger partial charge on any atom is -0.313 e. The first-order valence-electron chi connectivity index (χ1n) is 9.25. The predicted molar refractivity (Wildman–Crippen MR) is 95.8 cm³/mol. The fraction of sp³-hybridized carbons (Fsp3) is 0.474. The molecule has 8 heteroatoms. The van der Waals surface area contributed by atoms with Crippen LogP contribution in [0.25, 0.3) is 0 Å². The summed E-state index contributed by atoms with van der Waals surface area (Å²) in [5.74, 6) is -1.90. The van der Waals surface area contributed by atoms with E-state index in [4.69, 9.17) is 0 Å². The first-order chi connectivity index (χ1) is 13.0. The number of piperidine rings is 1. The molecule has 4 amide bonds. The van der Waals surface area contributed by atoms with Crippen LogP contribution < -0.4 is 16.0 Å². The van der Waals surface area contributed by atoms with E-state index in [0.717, 1.165) is 30.0 Å². The lowest BCUT2D eigenvalue weighted by molar-refractivity contribution is -0.136. The van der Waals surface area contributed by atoms with Gasteiger partial charge in [-0.3, -0.25) is 29.4 Å². The molecule has 0 aliphatic carbocycles. The van der Waals surface area contributed by atoms with Crippen LogP contribution in [0.15, 0.2) is 18.2 Å². The van der Waals surface area contributed by atoms with Crippen molar-refractivity contribution in [3.63, 3.8) is 0 Å². The van der Waals surface area contributed by atoms with E-state index in [9.17, 15) is 19.2 Å². The summed E-state index contributed by atoms with van der Waals surface area (Å²) in [5.41, 5.74) is 1.44. The molecule has 8 nitrogen and oxygen atoms in total. The van der Waals surface area contributed by atoms with Crippen molar-refractivity contribution < 1.29 is 19.2 Å². The Balaban J connectivity index is 1.59. The molecule has 1 aromatic rings. The summed E-state index contributed by atoms with van der Waals surface area (Å²) >= 11 is 0. The second kappa shape index (κ2) is 6.54. The van der Waals surface area contributed by atoms with Crippen molar-refractivity contribution in [1.29, 1.82) is 0 Å². The quantitative estimate of drug-likeness (QED) is 0.627. The average molecular weight is 370 g/mol. The van der Waals surface area contributed by atoms with Crippen molar-refractivity contribution >= 4 is 23.6 Å². The first kappa shape index (κ1) is 17.8. The summed E-state index contributed by atoms with van der Waals surface area (Å²) < 4.78 is 0. The van der Waals surface area contributed by atoms with Gasteiger partial charge in [0.2, 0.25) is 11.8 Å². The van der Waals surface area contributed by atoms with Gasteiger partial charge >= 0.3 is 0 Å². The number of hydrogen-bond donors (Lipinski definition) is 3. The Morgan fingerprint density at radius 2 is 1.96 bits per heavy atom. The van der Waals surface area contributed by atoms with Crippen LogP contribution in [0.3, 0.4) is 0 Å². The molecule has 3 heterocycles. The van der Waals surface area contributed by atoms with Crippen LogP contribution >= 0.6 is 0 Å². The SMILES string of the molecule is CCC1(NCc2cccc3c2C(=O)N(C2CCC(=O)NC2=O)C3=O)CNC1. The Morgan fingerprint density at radius 1 is 1.19 bits per heavy atom. The maximum atomic E-state index is 13.0. The molecule has 0 spiro atoms. The molecule has 1 aromatic carbocycles. The second-order valence-electron chi connectivity index (χ2n) is 7.38. The van der Waals surface area contributed by atoms with Gasteiger partial charge in [-0.15, -0.1) is 0 Å². The van der Waals surface area contributed by atoms with Crippen molar-refractivity contribution in [2.75, 3.05) is 13.1 Å². The summed E-state index contributed by atoms with van der Waals surface area (Å²) in [4.78, 5) is 50.4. The third kappa shape index (κ3) is 2.85. The highest BCUT2D eigenvalue weighted by Crippen LogP contribution is 2.30. The molecule has 2 saturated heterocycles. The molecule has 3 aliphatic heterocycles. The van der Waals surface area contributed by atoms with Gasteiger partial charge in [0.25, 0.3) is 11.8 Å². The van der Waals surface area contributed by atoms with E-state index in [1.165, 1.54) is 0 Å². The highest BCUT2D eigenvalue weighted by molar-refractivity contribution is 6.24. The molecule has 1 atom stereocenters. The molecule has 142 valence electrons. The van der Waals surface area contributed by atoms with Crippen LogP contribution in [-0.4, -0.2) is 53.2 Å². The van der Waals surface area contributed by atoms with Gasteiger partial charge in [-0.1, -0.05) is 19.1 Å². The molecule has 27 heavy (non-hydrogen) atoms. The number of hydrogen-bond acceptors (Lipinski definition) is 6. The maximum absolute atomic E-state index is 13.0. The molecule has 3 N–H and O–H groups in total. The Bertz CT molecular complexity index is 841. The van der Waals surface area contributed by atoms with E-state index >= 15 is 0 Å². The van der Waals surface area contributed by atoms with Crippen molar-refractivity contribution in [2.45, 2.75) is 44.3 Å². The lowest BCUT2D eigenvalue weighted by Gasteiger charge is -2.43. The highest BCUT2D eigenvalue weighted by atomic mass is 16.2. The first-order valence-corrected chi connectivity index (χ1v) is 9.25. The molecular weight excluding hydrogens is 348 g/mol. The van der Waals surface area contributed by atoms with Gasteiger partial charge in [0.1, 0.15) is 6.04 Å². The zero-order chi connectivity index (χ0) is 19.2. The zero-order valence-corrected chi connectivity index (χ0v) is 15.1. The number of carbonyl (C=O) groups is 4. The summed E-state index contributed by atoms with van der Waals surface area (Å²) in [6, 6.07) is 4.27. The van der Waals surface area contributed by atoms with E-state index in [1.54, 1.807) is 12.1 Å². The van der Waals surface area contributed by atoms with Gasteiger partial charge in [0.15, 0.2) is 0 Å². The number of benzene rings is 1. The summed E-state index contributed by atoms with van der Waals surface area (Å²) in [6.45, 7) is 4.32. The monoisotopic (exact) mass is 370 g/mol. The van der Waals surface area contributed by atoms with E-state index in [1.807, 2.05) is 6.07 Å². The van der Waals surface area contributed by atoms with Gasteiger partial charge in [-0.05, 0) is 24.5 Å². The molecule has 0 saturated carbocycles. The molecule has 0 radical (unpaired) electrons. The third-order valence-electron chi connectivity index (χ3n) is 5.81. The Hall–Kier alpha value is -2.58. The summed E-state index contributed by atoms with van der Waals surface area (Å²) in [7, 11) is 0. The fourth-order valence-electron chi connectivity index (χ4n) is 3.94. The lowest BCUT2D eigenvalue weighted by Crippen LogP contribution is -2.67. The Kier molecular flexibility index (Phi) is 4.32. The van der Waals surface area contributed by atoms with Crippen LogP contribution in [0.2, 0.25) is 0 Å². The Labute approximate surface area is 156 Å². The number of nitrogens with zero attached hydrogens (tertiary/aromatic N) is 1. The largest absolute Gasteiger partial charge is 0.313 e.